The number of anilines is 1. The summed E-state index contributed by atoms with van der Waals surface area (Å²) in [4.78, 5) is 9.32. The molecule has 112 valence electrons. The Morgan fingerprint density at radius 2 is 2.00 bits per heavy atom. The predicted molar refractivity (Wildman–Crippen MR) is 89.2 cm³/mol. The molecule has 1 saturated heterocycles. The van der Waals surface area contributed by atoms with Gasteiger partial charge < -0.3 is 10.2 Å². The Morgan fingerprint density at radius 3 is 2.81 bits per heavy atom. The van der Waals surface area contributed by atoms with Gasteiger partial charge in [-0.15, -0.1) is 0 Å². The zero-order valence-electron chi connectivity index (χ0n) is 12.3. The van der Waals surface area contributed by atoms with Crippen molar-refractivity contribution in [2.75, 3.05) is 51.6 Å². The summed E-state index contributed by atoms with van der Waals surface area (Å²) in [5.74, 6) is 0. The zero-order chi connectivity index (χ0) is 14.7. The van der Waals surface area contributed by atoms with E-state index in [0.29, 0.717) is 0 Å². The van der Waals surface area contributed by atoms with Gasteiger partial charge in [0.25, 0.3) is 0 Å². The van der Waals surface area contributed by atoms with E-state index in [4.69, 9.17) is 11.6 Å². The SMILES string of the molecule is CN1CCN(CCNc2ccc(Cl)c3cccnc23)CC1. The smallest absolute Gasteiger partial charge is 0.0948 e. The average Bonchev–Trinajstić information content (AvgIpc) is 2.52. The topological polar surface area (TPSA) is 31.4 Å². The molecule has 21 heavy (non-hydrogen) atoms. The minimum Gasteiger partial charge on any atom is -0.382 e. The van der Waals surface area contributed by atoms with Gasteiger partial charge in [-0.05, 0) is 31.3 Å². The first kappa shape index (κ1) is 14.6. The fourth-order valence-electron chi connectivity index (χ4n) is 2.70. The van der Waals surface area contributed by atoms with Crippen LogP contribution >= 0.6 is 11.6 Å². The van der Waals surface area contributed by atoms with Crippen LogP contribution in [0.3, 0.4) is 0 Å². The van der Waals surface area contributed by atoms with Crippen molar-refractivity contribution in [1.29, 1.82) is 0 Å². The molecule has 0 saturated carbocycles. The molecule has 1 fully saturated rings. The standard InChI is InChI=1S/C16H21ClN4/c1-20-9-11-21(12-10-20)8-7-18-15-5-4-14(17)13-3-2-6-19-16(13)15/h2-6,18H,7-12H2,1H3. The van der Waals surface area contributed by atoms with Crippen molar-refractivity contribution < 1.29 is 0 Å². The number of nitrogens with zero attached hydrogens (tertiary/aromatic N) is 3. The summed E-state index contributed by atoms with van der Waals surface area (Å²) in [6, 6.07) is 7.88. The highest BCUT2D eigenvalue weighted by Crippen LogP contribution is 2.27. The molecule has 2 heterocycles. The number of likely N-dealkylation sites (N-methyl/N-ethyl adjacent to an activating group) is 1. The fourth-order valence-corrected chi connectivity index (χ4v) is 2.92. The molecule has 1 N–H and O–H groups in total. The molecule has 0 spiro atoms. The van der Waals surface area contributed by atoms with Gasteiger partial charge in [-0.1, -0.05) is 11.6 Å². The first-order valence-electron chi connectivity index (χ1n) is 7.42. The Hall–Kier alpha value is -1.36. The molecular formula is C16H21ClN4. The fraction of sp³-hybridized carbons (Fsp3) is 0.438. The molecule has 0 atom stereocenters. The van der Waals surface area contributed by atoms with Crippen LogP contribution in [0.5, 0.6) is 0 Å². The molecule has 0 amide bonds. The lowest BCUT2D eigenvalue weighted by atomic mass is 10.2. The normalized spacial score (nSPS) is 17.2. The van der Waals surface area contributed by atoms with E-state index < -0.39 is 0 Å². The van der Waals surface area contributed by atoms with E-state index in [1.54, 1.807) is 0 Å². The van der Waals surface area contributed by atoms with Crippen molar-refractivity contribution in [2.45, 2.75) is 0 Å². The molecule has 1 aliphatic rings. The highest BCUT2D eigenvalue weighted by Gasteiger charge is 2.13. The lowest BCUT2D eigenvalue weighted by Crippen LogP contribution is -2.45. The number of piperazine rings is 1. The quantitative estimate of drug-likeness (QED) is 0.940. The monoisotopic (exact) mass is 304 g/mol. The van der Waals surface area contributed by atoms with Gasteiger partial charge in [-0.2, -0.15) is 0 Å². The molecule has 1 aromatic carbocycles. The van der Waals surface area contributed by atoms with Crippen molar-refractivity contribution in [3.8, 4) is 0 Å². The van der Waals surface area contributed by atoms with Gasteiger partial charge in [-0.3, -0.25) is 9.88 Å². The molecule has 0 unspecified atom stereocenters. The van der Waals surface area contributed by atoms with Crippen LogP contribution in [0.15, 0.2) is 30.5 Å². The van der Waals surface area contributed by atoms with Crippen molar-refractivity contribution in [3.05, 3.63) is 35.5 Å². The molecule has 0 bridgehead atoms. The summed E-state index contributed by atoms with van der Waals surface area (Å²) in [5.41, 5.74) is 2.01. The van der Waals surface area contributed by atoms with Crippen LogP contribution in [0, 0.1) is 0 Å². The first-order chi connectivity index (χ1) is 10.2. The summed E-state index contributed by atoms with van der Waals surface area (Å²) in [7, 11) is 2.18. The van der Waals surface area contributed by atoms with Crippen molar-refractivity contribution in [3.63, 3.8) is 0 Å². The molecule has 1 aromatic heterocycles. The highest BCUT2D eigenvalue weighted by molar-refractivity contribution is 6.35. The van der Waals surface area contributed by atoms with Crippen molar-refractivity contribution in [2.24, 2.45) is 0 Å². The van der Waals surface area contributed by atoms with Crippen LogP contribution in [-0.4, -0.2) is 61.1 Å². The molecule has 4 nitrogen and oxygen atoms in total. The maximum atomic E-state index is 6.22. The second kappa shape index (κ2) is 6.60. The van der Waals surface area contributed by atoms with Crippen LogP contribution in [0.2, 0.25) is 5.02 Å². The summed E-state index contributed by atoms with van der Waals surface area (Å²) < 4.78 is 0. The summed E-state index contributed by atoms with van der Waals surface area (Å²) >= 11 is 6.22. The van der Waals surface area contributed by atoms with E-state index in [1.165, 1.54) is 0 Å². The number of fused-ring (bicyclic) bond motifs is 1. The van der Waals surface area contributed by atoms with Gasteiger partial charge in [0, 0.05) is 50.9 Å². The number of hydrogen-bond acceptors (Lipinski definition) is 4. The van der Waals surface area contributed by atoms with Gasteiger partial charge in [0.15, 0.2) is 0 Å². The average molecular weight is 305 g/mol. The van der Waals surface area contributed by atoms with E-state index in [-0.39, 0.29) is 0 Å². The Bertz CT molecular complexity index is 608. The van der Waals surface area contributed by atoms with Crippen molar-refractivity contribution >= 4 is 28.2 Å². The third-order valence-electron chi connectivity index (χ3n) is 4.06. The Balaban J connectivity index is 1.62. The van der Waals surface area contributed by atoms with Crippen LogP contribution in [-0.2, 0) is 0 Å². The third kappa shape index (κ3) is 3.46. The second-order valence-electron chi connectivity index (χ2n) is 5.57. The number of benzene rings is 1. The Morgan fingerprint density at radius 1 is 1.19 bits per heavy atom. The number of pyridine rings is 1. The molecule has 2 aromatic rings. The Labute approximate surface area is 130 Å². The van der Waals surface area contributed by atoms with Crippen LogP contribution in [0.4, 0.5) is 5.69 Å². The third-order valence-corrected chi connectivity index (χ3v) is 4.39. The van der Waals surface area contributed by atoms with Crippen LogP contribution < -0.4 is 5.32 Å². The molecule has 5 heteroatoms. The molecule has 1 aliphatic heterocycles. The van der Waals surface area contributed by atoms with Gasteiger partial charge in [-0.25, -0.2) is 0 Å². The summed E-state index contributed by atoms with van der Waals surface area (Å²) in [6.45, 7) is 6.61. The molecule has 0 radical (unpaired) electrons. The summed E-state index contributed by atoms with van der Waals surface area (Å²) in [6.07, 6.45) is 1.81. The Kier molecular flexibility index (Phi) is 4.58. The maximum Gasteiger partial charge on any atom is 0.0948 e. The minimum absolute atomic E-state index is 0.753. The van der Waals surface area contributed by atoms with Gasteiger partial charge in [0.1, 0.15) is 0 Å². The molecular weight excluding hydrogens is 284 g/mol. The molecule has 0 aliphatic carbocycles. The lowest BCUT2D eigenvalue weighted by Gasteiger charge is -2.32. The van der Waals surface area contributed by atoms with Crippen LogP contribution in [0.25, 0.3) is 10.9 Å². The van der Waals surface area contributed by atoms with Crippen molar-refractivity contribution in [1.82, 2.24) is 14.8 Å². The second-order valence-corrected chi connectivity index (χ2v) is 5.97. The minimum atomic E-state index is 0.753. The number of aromatic nitrogens is 1. The molecule has 3 rings (SSSR count). The van der Waals surface area contributed by atoms with Gasteiger partial charge in [0.2, 0.25) is 0 Å². The van der Waals surface area contributed by atoms with E-state index in [0.717, 1.165) is 60.9 Å². The van der Waals surface area contributed by atoms with E-state index in [2.05, 4.69) is 27.1 Å². The number of halogens is 1. The number of rotatable bonds is 4. The number of hydrogen-bond donors (Lipinski definition) is 1. The number of nitrogens with one attached hydrogen (secondary N) is 1. The van der Waals surface area contributed by atoms with Crippen LogP contribution in [0.1, 0.15) is 0 Å². The lowest BCUT2D eigenvalue weighted by molar-refractivity contribution is 0.158. The van der Waals surface area contributed by atoms with Gasteiger partial charge in [0.05, 0.1) is 16.2 Å². The zero-order valence-corrected chi connectivity index (χ0v) is 13.1. The van der Waals surface area contributed by atoms with E-state index in [1.807, 2.05) is 30.5 Å². The van der Waals surface area contributed by atoms with E-state index in [9.17, 15) is 0 Å². The highest BCUT2D eigenvalue weighted by atomic mass is 35.5. The van der Waals surface area contributed by atoms with E-state index >= 15 is 0 Å². The first-order valence-corrected chi connectivity index (χ1v) is 7.80. The maximum absolute atomic E-state index is 6.22. The summed E-state index contributed by atoms with van der Waals surface area (Å²) in [5, 5.41) is 5.25. The largest absolute Gasteiger partial charge is 0.382 e. The predicted octanol–water partition coefficient (Wildman–Crippen LogP) is 2.55. The van der Waals surface area contributed by atoms with Gasteiger partial charge >= 0.3 is 0 Å².